The number of ether oxygens (including phenoxy) is 1. The first-order valence-corrected chi connectivity index (χ1v) is 8.20. The molecule has 1 aromatic rings. The summed E-state index contributed by atoms with van der Waals surface area (Å²) in [7, 11) is -3.51. The van der Waals surface area contributed by atoms with Gasteiger partial charge in [-0.05, 0) is 26.3 Å². The molecule has 0 atom stereocenters. The molecule has 112 valence electrons. The molecule has 0 spiro atoms. The van der Waals surface area contributed by atoms with Gasteiger partial charge in [-0.1, -0.05) is 0 Å². The van der Waals surface area contributed by atoms with Crippen LogP contribution in [0.2, 0.25) is 0 Å². The molecule has 0 unspecified atom stereocenters. The number of benzene rings is 1. The molecule has 0 aliphatic rings. The van der Waals surface area contributed by atoms with E-state index in [4.69, 9.17) is 16.3 Å². The van der Waals surface area contributed by atoms with E-state index >= 15 is 0 Å². The van der Waals surface area contributed by atoms with E-state index in [1.165, 1.54) is 12.1 Å². The van der Waals surface area contributed by atoms with Gasteiger partial charge in [0.15, 0.2) is 15.6 Å². The lowest BCUT2D eigenvalue weighted by atomic mass is 10.3. The topological polar surface area (TPSA) is 86.5 Å². The van der Waals surface area contributed by atoms with Crippen molar-refractivity contribution in [2.45, 2.75) is 31.3 Å². The van der Waals surface area contributed by atoms with Crippen molar-refractivity contribution in [3.05, 3.63) is 28.3 Å². The average molecular weight is 322 g/mol. The van der Waals surface area contributed by atoms with Gasteiger partial charge in [-0.3, -0.25) is 10.1 Å². The molecule has 0 N–H and O–H groups in total. The lowest BCUT2D eigenvalue weighted by Crippen LogP contribution is -2.11. The van der Waals surface area contributed by atoms with E-state index in [1.54, 1.807) is 13.8 Å². The zero-order valence-electron chi connectivity index (χ0n) is 11.2. The number of halogens is 1. The van der Waals surface area contributed by atoms with E-state index in [0.717, 1.165) is 6.07 Å². The summed E-state index contributed by atoms with van der Waals surface area (Å²) >= 11 is 5.48. The van der Waals surface area contributed by atoms with Crippen LogP contribution < -0.4 is 4.74 Å². The summed E-state index contributed by atoms with van der Waals surface area (Å²) in [5.41, 5.74) is -0.255. The van der Waals surface area contributed by atoms with Crippen molar-refractivity contribution in [1.82, 2.24) is 0 Å². The fourth-order valence-electron chi connectivity index (χ4n) is 1.55. The normalized spacial score (nSPS) is 11.6. The maximum absolute atomic E-state index is 12.0. The SMILES string of the molecule is CC(C)Oc1cc(S(=O)(=O)CCCCl)ccc1[N+](=O)[O-]. The molecule has 1 rings (SSSR count). The Balaban J connectivity index is 3.21. The van der Waals surface area contributed by atoms with Gasteiger partial charge in [-0.15, -0.1) is 11.6 Å². The van der Waals surface area contributed by atoms with Gasteiger partial charge in [0.05, 0.1) is 21.7 Å². The minimum atomic E-state index is -3.51. The predicted molar refractivity (Wildman–Crippen MR) is 76.3 cm³/mol. The standard InChI is InChI=1S/C12H16ClNO5S/c1-9(2)19-12-8-10(4-5-11(12)14(15)16)20(17,18)7-3-6-13/h4-5,8-9H,3,6-7H2,1-2H3. The van der Waals surface area contributed by atoms with Crippen molar-refractivity contribution in [2.75, 3.05) is 11.6 Å². The second-order valence-electron chi connectivity index (χ2n) is 4.41. The maximum Gasteiger partial charge on any atom is 0.311 e. The van der Waals surface area contributed by atoms with Crippen molar-refractivity contribution >= 4 is 27.1 Å². The third-order valence-electron chi connectivity index (χ3n) is 2.40. The zero-order chi connectivity index (χ0) is 15.3. The molecule has 0 saturated carbocycles. The highest BCUT2D eigenvalue weighted by Crippen LogP contribution is 2.31. The van der Waals surface area contributed by atoms with Crippen LogP contribution >= 0.6 is 11.6 Å². The Morgan fingerprint density at radius 1 is 1.40 bits per heavy atom. The monoisotopic (exact) mass is 321 g/mol. The molecular formula is C12H16ClNO5S. The fourth-order valence-corrected chi connectivity index (χ4v) is 3.16. The quantitative estimate of drug-likeness (QED) is 0.438. The minimum Gasteiger partial charge on any atom is -0.484 e. The summed E-state index contributed by atoms with van der Waals surface area (Å²) in [4.78, 5) is 10.3. The van der Waals surface area contributed by atoms with E-state index in [1.807, 2.05) is 0 Å². The molecule has 0 fully saturated rings. The second kappa shape index (κ2) is 6.90. The largest absolute Gasteiger partial charge is 0.484 e. The number of sulfone groups is 1. The molecule has 6 nitrogen and oxygen atoms in total. The summed E-state index contributed by atoms with van der Waals surface area (Å²) in [5, 5.41) is 10.9. The Kier molecular flexibility index (Phi) is 5.76. The molecule has 0 aliphatic carbocycles. The van der Waals surface area contributed by atoms with Gasteiger partial charge in [0.1, 0.15) is 0 Å². The van der Waals surface area contributed by atoms with E-state index < -0.39 is 14.8 Å². The lowest BCUT2D eigenvalue weighted by molar-refractivity contribution is -0.386. The molecule has 0 heterocycles. The van der Waals surface area contributed by atoms with Crippen molar-refractivity contribution in [1.29, 1.82) is 0 Å². The first kappa shape index (κ1) is 16.7. The summed E-state index contributed by atoms with van der Waals surface area (Å²) < 4.78 is 29.4. The molecule has 0 radical (unpaired) electrons. The average Bonchev–Trinajstić information content (AvgIpc) is 2.35. The molecule has 8 heteroatoms. The fraction of sp³-hybridized carbons (Fsp3) is 0.500. The van der Waals surface area contributed by atoms with Crippen molar-refractivity contribution in [3.8, 4) is 5.75 Å². The van der Waals surface area contributed by atoms with Gasteiger partial charge < -0.3 is 4.74 Å². The van der Waals surface area contributed by atoms with Crippen LogP contribution in [-0.2, 0) is 9.84 Å². The molecule has 1 aromatic carbocycles. The maximum atomic E-state index is 12.0. The Morgan fingerprint density at radius 3 is 2.55 bits per heavy atom. The van der Waals surface area contributed by atoms with E-state index in [0.29, 0.717) is 6.42 Å². The smallest absolute Gasteiger partial charge is 0.311 e. The van der Waals surface area contributed by atoms with Crippen LogP contribution in [0, 0.1) is 10.1 Å². The lowest BCUT2D eigenvalue weighted by Gasteiger charge is -2.11. The van der Waals surface area contributed by atoms with E-state index in [2.05, 4.69) is 0 Å². The highest BCUT2D eigenvalue weighted by molar-refractivity contribution is 7.91. The highest BCUT2D eigenvalue weighted by atomic mass is 35.5. The number of hydrogen-bond acceptors (Lipinski definition) is 5. The number of nitro groups is 1. The molecule has 0 bridgehead atoms. The summed E-state index contributed by atoms with van der Waals surface area (Å²) in [5.74, 6) is 0.0914. The number of nitrogens with zero attached hydrogens (tertiary/aromatic N) is 1. The molecular weight excluding hydrogens is 306 g/mol. The van der Waals surface area contributed by atoms with E-state index in [9.17, 15) is 18.5 Å². The van der Waals surface area contributed by atoms with Gasteiger partial charge in [-0.2, -0.15) is 0 Å². The van der Waals surface area contributed by atoms with Gasteiger partial charge in [0.2, 0.25) is 0 Å². The number of alkyl halides is 1. The predicted octanol–water partition coefficient (Wildman–Crippen LogP) is 2.78. The third-order valence-corrected chi connectivity index (χ3v) is 4.46. The Morgan fingerprint density at radius 2 is 2.05 bits per heavy atom. The van der Waals surface area contributed by atoms with Crippen molar-refractivity contribution in [2.24, 2.45) is 0 Å². The molecule has 0 saturated heterocycles. The van der Waals surface area contributed by atoms with Crippen LogP contribution in [0.1, 0.15) is 20.3 Å². The summed E-state index contributed by atoms with van der Waals surface area (Å²) in [6.45, 7) is 3.41. The van der Waals surface area contributed by atoms with Gasteiger partial charge in [-0.25, -0.2) is 8.42 Å². The number of nitro benzene ring substituents is 1. The highest BCUT2D eigenvalue weighted by Gasteiger charge is 2.22. The summed E-state index contributed by atoms with van der Waals surface area (Å²) in [6.07, 6.45) is 0.0239. The molecule has 0 aliphatic heterocycles. The number of rotatable bonds is 7. The Labute approximate surface area is 122 Å². The molecule has 20 heavy (non-hydrogen) atoms. The Hall–Kier alpha value is -1.34. The van der Waals surface area contributed by atoms with Crippen LogP contribution in [0.5, 0.6) is 5.75 Å². The first-order valence-electron chi connectivity index (χ1n) is 6.01. The van der Waals surface area contributed by atoms with Gasteiger partial charge in [0.25, 0.3) is 0 Å². The van der Waals surface area contributed by atoms with Crippen LogP contribution in [0.4, 0.5) is 5.69 Å². The van der Waals surface area contributed by atoms with Crippen molar-refractivity contribution < 1.29 is 18.1 Å². The molecule has 0 amide bonds. The first-order chi connectivity index (χ1) is 9.27. The molecule has 0 aromatic heterocycles. The van der Waals surface area contributed by atoms with Crippen molar-refractivity contribution in [3.63, 3.8) is 0 Å². The zero-order valence-corrected chi connectivity index (χ0v) is 12.8. The number of hydrogen-bond donors (Lipinski definition) is 0. The van der Waals surface area contributed by atoms with Crippen LogP contribution in [0.3, 0.4) is 0 Å². The van der Waals surface area contributed by atoms with Gasteiger partial charge in [0, 0.05) is 18.0 Å². The minimum absolute atomic E-state index is 0.00358. The van der Waals surface area contributed by atoms with Crippen LogP contribution in [-0.4, -0.2) is 31.1 Å². The van der Waals surface area contributed by atoms with Gasteiger partial charge >= 0.3 is 5.69 Å². The van der Waals surface area contributed by atoms with Crippen LogP contribution in [0.25, 0.3) is 0 Å². The third kappa shape index (κ3) is 4.35. The summed E-state index contributed by atoms with van der Waals surface area (Å²) in [6, 6.07) is 3.56. The second-order valence-corrected chi connectivity index (χ2v) is 6.90. The Bertz CT molecular complexity index is 586. The van der Waals surface area contributed by atoms with E-state index in [-0.39, 0.29) is 34.1 Å². The van der Waals surface area contributed by atoms with Crippen LogP contribution in [0.15, 0.2) is 23.1 Å².